The summed E-state index contributed by atoms with van der Waals surface area (Å²) < 4.78 is 14.9. The van der Waals surface area contributed by atoms with Gasteiger partial charge in [-0.25, -0.2) is 9.97 Å². The molecule has 4 atom stereocenters. The average Bonchev–Trinajstić information content (AvgIpc) is 4.10. The highest BCUT2D eigenvalue weighted by molar-refractivity contribution is 7.99. The van der Waals surface area contributed by atoms with Crippen LogP contribution in [0.5, 0.6) is 0 Å². The van der Waals surface area contributed by atoms with Crippen molar-refractivity contribution in [2.24, 2.45) is 25.9 Å². The molecular weight excluding hydrogens is 793 g/mol. The molecule has 0 unspecified atom stereocenters. The van der Waals surface area contributed by atoms with E-state index in [4.69, 9.17) is 8.83 Å². The van der Waals surface area contributed by atoms with Crippen molar-refractivity contribution in [1.82, 2.24) is 49.3 Å². The maximum Gasteiger partial charge on any atom is 0.202 e. The first-order valence-corrected chi connectivity index (χ1v) is 23.1. The minimum Gasteiger partial charge on any atom is -0.440 e. The molecule has 14 nitrogen and oxygen atoms in total. The van der Waals surface area contributed by atoms with E-state index in [9.17, 15) is 0 Å². The first-order valence-electron chi connectivity index (χ1n) is 21.2. The van der Waals surface area contributed by atoms with Crippen molar-refractivity contribution in [3.63, 3.8) is 0 Å². The van der Waals surface area contributed by atoms with Crippen molar-refractivity contribution in [2.45, 2.75) is 62.9 Å². The highest BCUT2D eigenvalue weighted by Gasteiger charge is 2.46. The zero-order chi connectivity index (χ0) is 41.3. The molecule has 0 aliphatic carbocycles. The molecule has 0 amide bonds. The van der Waals surface area contributed by atoms with Crippen molar-refractivity contribution < 1.29 is 8.83 Å². The van der Waals surface area contributed by atoms with Crippen LogP contribution in [-0.2, 0) is 14.1 Å². The maximum absolute atomic E-state index is 5.46. The third-order valence-electron chi connectivity index (χ3n) is 12.6. The van der Waals surface area contributed by atoms with E-state index in [0.717, 1.165) is 82.6 Å². The zero-order valence-corrected chi connectivity index (χ0v) is 37.2. The number of aromatic nitrogens is 8. The highest BCUT2D eigenvalue weighted by atomic mass is 32.2. The van der Waals surface area contributed by atoms with Gasteiger partial charge in [0.2, 0.25) is 11.6 Å². The fraction of sp³-hybridized carbons (Fsp3) is 0.500. The Balaban J connectivity index is 0.000000154. The summed E-state index contributed by atoms with van der Waals surface area (Å²) in [7, 11) is 3.97. The first-order chi connectivity index (χ1) is 29.2. The Morgan fingerprint density at radius 2 is 0.967 bits per heavy atom. The van der Waals surface area contributed by atoms with Crippen LogP contribution in [0.4, 0.5) is 11.4 Å². The molecule has 8 heterocycles. The molecule has 316 valence electrons. The Morgan fingerprint density at radius 1 is 0.550 bits per heavy atom. The van der Waals surface area contributed by atoms with Crippen LogP contribution in [0.25, 0.3) is 23.2 Å². The maximum atomic E-state index is 5.46. The summed E-state index contributed by atoms with van der Waals surface area (Å²) in [5.41, 5.74) is 7.08. The quantitative estimate of drug-likeness (QED) is 0.0845. The first kappa shape index (κ1) is 40.7. The molecule has 16 heteroatoms. The molecule has 10 rings (SSSR count). The number of thioether (sulfide) groups is 2. The normalized spacial score (nSPS) is 21.1. The van der Waals surface area contributed by atoms with Gasteiger partial charge in [-0.1, -0.05) is 58.9 Å². The van der Waals surface area contributed by atoms with Gasteiger partial charge in [0.15, 0.2) is 34.6 Å². The second kappa shape index (κ2) is 17.8. The van der Waals surface area contributed by atoms with Crippen molar-refractivity contribution in [1.29, 1.82) is 0 Å². The molecule has 4 aliphatic heterocycles. The number of benzene rings is 2. The van der Waals surface area contributed by atoms with Gasteiger partial charge in [0.05, 0.1) is 11.4 Å². The molecule has 0 bridgehead atoms. The number of rotatable bonds is 14. The zero-order valence-electron chi connectivity index (χ0n) is 35.6. The van der Waals surface area contributed by atoms with Crippen LogP contribution in [0.3, 0.4) is 0 Å². The number of nitrogens with zero attached hydrogens (tertiary/aromatic N) is 12. The van der Waals surface area contributed by atoms with Crippen LogP contribution in [0.2, 0.25) is 0 Å². The Hall–Kier alpha value is -4.64. The van der Waals surface area contributed by atoms with Crippen molar-refractivity contribution in [2.75, 3.05) is 73.7 Å². The van der Waals surface area contributed by atoms with E-state index in [1.807, 2.05) is 37.1 Å². The summed E-state index contributed by atoms with van der Waals surface area (Å²) >= 11 is 3.52. The number of hydrogen-bond acceptors (Lipinski definition) is 14. The van der Waals surface area contributed by atoms with E-state index in [1.165, 1.54) is 74.6 Å². The van der Waals surface area contributed by atoms with Gasteiger partial charge >= 0.3 is 0 Å². The molecular formula is C44H56N12O2S2. The lowest BCUT2D eigenvalue weighted by Gasteiger charge is -2.45. The minimum absolute atomic E-state index is 0.687. The largest absolute Gasteiger partial charge is 0.440 e. The fourth-order valence-electron chi connectivity index (χ4n) is 9.09. The number of aryl methyl sites for hydroxylation is 4. The Kier molecular flexibility index (Phi) is 12.1. The molecule has 0 N–H and O–H groups in total. The summed E-state index contributed by atoms with van der Waals surface area (Å²) in [5, 5.41) is 19.1. The number of hydrogen-bond donors (Lipinski definition) is 0. The predicted octanol–water partition coefficient (Wildman–Crippen LogP) is 6.78. The van der Waals surface area contributed by atoms with Crippen LogP contribution in [-0.4, -0.2) is 125 Å². The number of fused-ring (bicyclic) bond motifs is 2. The van der Waals surface area contributed by atoms with Gasteiger partial charge in [-0.15, -0.1) is 20.4 Å². The molecule has 4 aliphatic rings. The molecule has 0 saturated carbocycles. The van der Waals surface area contributed by atoms with E-state index < -0.39 is 0 Å². The standard InChI is InChI=1S/2C22H28N6OS/c2*1-15-5-7-18(8-6-15)28-12-17-11-27(13-19(17)28)9-4-10-30-22-25-24-21(26(22)3)20-16(2)23-14-29-20/h2*5-8,14,17,19H,4,9-13H2,1-3H3/t2*17-,19-/m10/s1. The molecule has 4 fully saturated rings. The molecule has 60 heavy (non-hydrogen) atoms. The van der Waals surface area contributed by atoms with E-state index in [0.29, 0.717) is 23.6 Å². The SMILES string of the molecule is Cc1ccc(N2C[C@@H]3CN(CCCSc4nnc(-c5ocnc5C)n4C)C[C@@H]32)cc1.Cc1ccc(N2C[C@H]3CN(CCCSc4nnc(-c5ocnc5C)n4C)C[C@H]32)cc1. The van der Waals surface area contributed by atoms with Gasteiger partial charge in [-0.05, 0) is 77.9 Å². The monoisotopic (exact) mass is 848 g/mol. The van der Waals surface area contributed by atoms with Crippen molar-refractivity contribution in [3.8, 4) is 23.2 Å². The lowest BCUT2D eigenvalue weighted by atomic mass is 9.91. The summed E-state index contributed by atoms with van der Waals surface area (Å²) in [6.45, 7) is 17.7. The van der Waals surface area contributed by atoms with Gasteiger partial charge in [0.1, 0.15) is 0 Å². The minimum atomic E-state index is 0.687. The van der Waals surface area contributed by atoms with Crippen LogP contribution >= 0.6 is 23.5 Å². The predicted molar refractivity (Wildman–Crippen MR) is 238 cm³/mol. The Morgan fingerprint density at radius 3 is 1.35 bits per heavy atom. The van der Waals surface area contributed by atoms with Gasteiger partial charge in [0.25, 0.3) is 0 Å². The van der Waals surface area contributed by atoms with E-state index in [2.05, 4.69) is 112 Å². The summed E-state index contributed by atoms with van der Waals surface area (Å²) in [6.07, 6.45) is 5.21. The van der Waals surface area contributed by atoms with E-state index in [-0.39, 0.29) is 0 Å². The van der Waals surface area contributed by atoms with E-state index in [1.54, 1.807) is 23.5 Å². The van der Waals surface area contributed by atoms with Crippen LogP contribution in [0.15, 0.2) is 80.5 Å². The second-order valence-electron chi connectivity index (χ2n) is 16.8. The van der Waals surface area contributed by atoms with Gasteiger partial charge in [-0.2, -0.15) is 0 Å². The van der Waals surface area contributed by atoms with Gasteiger partial charge in [-0.3, -0.25) is 0 Å². The Labute approximate surface area is 361 Å². The molecule has 6 aromatic rings. The fourth-order valence-corrected chi connectivity index (χ4v) is 10.8. The molecule has 4 saturated heterocycles. The highest BCUT2D eigenvalue weighted by Crippen LogP contribution is 2.38. The molecule has 2 aromatic carbocycles. The summed E-state index contributed by atoms with van der Waals surface area (Å²) in [4.78, 5) is 18.7. The van der Waals surface area contributed by atoms with Gasteiger partial charge in [0, 0.05) is 100 Å². The number of likely N-dealkylation sites (tertiary alicyclic amines) is 2. The average molecular weight is 849 g/mol. The van der Waals surface area contributed by atoms with E-state index >= 15 is 0 Å². The van der Waals surface area contributed by atoms with Crippen molar-refractivity contribution >= 4 is 34.9 Å². The topological polar surface area (TPSA) is 126 Å². The lowest BCUT2D eigenvalue weighted by molar-refractivity contribution is 0.329. The second-order valence-corrected chi connectivity index (χ2v) is 18.9. The molecule has 0 spiro atoms. The lowest BCUT2D eigenvalue weighted by Crippen LogP contribution is -2.55. The third-order valence-corrected chi connectivity index (χ3v) is 14.8. The number of oxazole rings is 2. The Bertz CT molecular complexity index is 2190. The van der Waals surface area contributed by atoms with Crippen molar-refractivity contribution in [3.05, 3.63) is 83.8 Å². The smallest absolute Gasteiger partial charge is 0.202 e. The summed E-state index contributed by atoms with van der Waals surface area (Å²) in [6, 6.07) is 19.3. The number of anilines is 2. The van der Waals surface area contributed by atoms with Crippen LogP contribution < -0.4 is 9.80 Å². The molecule has 0 radical (unpaired) electrons. The van der Waals surface area contributed by atoms with Gasteiger partial charge < -0.3 is 37.6 Å². The van der Waals surface area contributed by atoms with Crippen LogP contribution in [0.1, 0.15) is 35.4 Å². The van der Waals surface area contributed by atoms with Crippen LogP contribution in [0, 0.1) is 39.5 Å². The third kappa shape index (κ3) is 8.48. The summed E-state index contributed by atoms with van der Waals surface area (Å²) in [5.74, 6) is 6.59. The molecule has 4 aromatic heterocycles.